The molecule has 0 aromatic heterocycles. The molecule has 1 atom stereocenters. The maximum absolute atomic E-state index is 13.8. The Morgan fingerprint density at radius 1 is 1.47 bits per heavy atom. The monoisotopic (exact) mass is 203 g/mol. The van der Waals surface area contributed by atoms with Crippen LogP contribution in [0.3, 0.4) is 0 Å². The van der Waals surface area contributed by atoms with Gasteiger partial charge in [-0.05, 0) is 30.5 Å². The molecule has 0 fully saturated rings. The fraction of sp³-hybridized carbons (Fsp3) is 0.333. The Kier molecular flexibility index (Phi) is 1.90. The van der Waals surface area contributed by atoms with Gasteiger partial charge in [-0.15, -0.1) is 0 Å². The lowest BCUT2D eigenvalue weighted by atomic mass is 9.98. The standard InChI is InChI=1S/C12H10FNO/c1-7-3-4-9-5-12(13,6-14)11(15)10(9)8(7)2/h3-4H,5H2,1-2H3. The van der Waals surface area contributed by atoms with Crippen LogP contribution in [0, 0.1) is 25.2 Å². The largest absolute Gasteiger partial charge is 0.289 e. The number of carbonyl (C=O) groups excluding carboxylic acids is 1. The number of benzene rings is 1. The number of hydrogen-bond acceptors (Lipinski definition) is 2. The molecule has 0 saturated carbocycles. The minimum absolute atomic E-state index is 0.112. The van der Waals surface area contributed by atoms with Crippen LogP contribution in [-0.4, -0.2) is 11.5 Å². The first kappa shape index (κ1) is 9.85. The van der Waals surface area contributed by atoms with Crippen LogP contribution >= 0.6 is 0 Å². The zero-order valence-corrected chi connectivity index (χ0v) is 8.60. The maximum atomic E-state index is 13.8. The van der Waals surface area contributed by atoms with Crippen LogP contribution < -0.4 is 0 Å². The van der Waals surface area contributed by atoms with Gasteiger partial charge in [0.05, 0.1) is 0 Å². The Labute approximate surface area is 87.3 Å². The molecule has 1 aromatic rings. The number of fused-ring (bicyclic) bond motifs is 1. The van der Waals surface area contributed by atoms with E-state index in [1.165, 1.54) is 6.07 Å². The summed E-state index contributed by atoms with van der Waals surface area (Å²) in [6, 6.07) is 5.05. The van der Waals surface area contributed by atoms with Crippen molar-refractivity contribution in [1.29, 1.82) is 5.26 Å². The third-order valence-corrected chi connectivity index (χ3v) is 3.02. The number of halogens is 1. The van der Waals surface area contributed by atoms with E-state index in [1.807, 2.05) is 13.0 Å². The second-order valence-corrected chi connectivity index (χ2v) is 3.96. The number of hydrogen-bond donors (Lipinski definition) is 0. The molecule has 0 saturated heterocycles. The zero-order chi connectivity index (χ0) is 11.2. The number of carbonyl (C=O) groups is 1. The van der Waals surface area contributed by atoms with Crippen LogP contribution in [0.5, 0.6) is 0 Å². The lowest BCUT2D eigenvalue weighted by molar-refractivity contribution is 0.0819. The first-order chi connectivity index (χ1) is 6.99. The van der Waals surface area contributed by atoms with Crippen LogP contribution in [0.2, 0.25) is 0 Å². The van der Waals surface area contributed by atoms with E-state index in [0.29, 0.717) is 11.1 Å². The van der Waals surface area contributed by atoms with Crippen LogP contribution in [0.1, 0.15) is 27.0 Å². The van der Waals surface area contributed by atoms with E-state index in [2.05, 4.69) is 0 Å². The van der Waals surface area contributed by atoms with Gasteiger partial charge in [-0.25, -0.2) is 4.39 Å². The fourth-order valence-electron chi connectivity index (χ4n) is 1.97. The summed E-state index contributed by atoms with van der Waals surface area (Å²) in [6.45, 7) is 3.66. The molecule has 1 aromatic carbocycles. The van der Waals surface area contributed by atoms with E-state index < -0.39 is 11.5 Å². The predicted molar refractivity (Wildman–Crippen MR) is 53.4 cm³/mol. The SMILES string of the molecule is Cc1ccc2c(c1C)C(=O)C(F)(C#N)C2. The van der Waals surface area contributed by atoms with E-state index in [4.69, 9.17) is 5.26 Å². The van der Waals surface area contributed by atoms with Gasteiger partial charge in [0.2, 0.25) is 5.78 Å². The van der Waals surface area contributed by atoms with Gasteiger partial charge in [0.15, 0.2) is 0 Å². The first-order valence-corrected chi connectivity index (χ1v) is 4.73. The molecule has 0 heterocycles. The third kappa shape index (κ3) is 1.18. The third-order valence-electron chi connectivity index (χ3n) is 3.02. The summed E-state index contributed by atoms with van der Waals surface area (Å²) in [5, 5.41) is 8.68. The molecule has 2 nitrogen and oxygen atoms in total. The summed E-state index contributed by atoms with van der Waals surface area (Å²) in [4.78, 5) is 11.7. The summed E-state index contributed by atoms with van der Waals surface area (Å²) in [7, 11) is 0. The molecule has 0 aliphatic heterocycles. The van der Waals surface area contributed by atoms with Crippen LogP contribution in [0.15, 0.2) is 12.1 Å². The molecule has 3 heteroatoms. The van der Waals surface area contributed by atoms with Gasteiger partial charge in [-0.2, -0.15) is 5.26 Å². The Hall–Kier alpha value is -1.69. The Balaban J connectivity index is 2.67. The second-order valence-electron chi connectivity index (χ2n) is 3.96. The van der Waals surface area contributed by atoms with Crippen LogP contribution in [0.4, 0.5) is 4.39 Å². The van der Waals surface area contributed by atoms with Gasteiger partial charge < -0.3 is 0 Å². The number of rotatable bonds is 0. The van der Waals surface area contributed by atoms with E-state index in [1.54, 1.807) is 13.0 Å². The Morgan fingerprint density at radius 2 is 2.13 bits per heavy atom. The van der Waals surface area contributed by atoms with Crippen molar-refractivity contribution in [3.8, 4) is 6.07 Å². The van der Waals surface area contributed by atoms with E-state index >= 15 is 0 Å². The summed E-state index contributed by atoms with van der Waals surface area (Å²) in [6.07, 6.45) is -0.112. The minimum atomic E-state index is -2.35. The van der Waals surface area contributed by atoms with Crippen molar-refractivity contribution >= 4 is 5.78 Å². The smallest absolute Gasteiger partial charge is 0.261 e. The molecule has 2 rings (SSSR count). The average molecular weight is 203 g/mol. The molecule has 15 heavy (non-hydrogen) atoms. The molecule has 0 N–H and O–H groups in total. The number of alkyl halides is 1. The molecule has 76 valence electrons. The van der Waals surface area contributed by atoms with Gasteiger partial charge in [0, 0.05) is 12.0 Å². The summed E-state index contributed by atoms with van der Waals surface area (Å²) < 4.78 is 13.8. The van der Waals surface area contributed by atoms with E-state index in [-0.39, 0.29) is 6.42 Å². The lowest BCUT2D eigenvalue weighted by Gasteiger charge is -2.06. The Morgan fingerprint density at radius 3 is 2.73 bits per heavy atom. The van der Waals surface area contributed by atoms with E-state index in [9.17, 15) is 9.18 Å². The molecule has 1 aliphatic rings. The van der Waals surface area contributed by atoms with Crippen molar-refractivity contribution in [3.63, 3.8) is 0 Å². The number of nitriles is 1. The molecular formula is C12H10FNO. The molecule has 1 unspecified atom stereocenters. The van der Waals surface area contributed by atoms with Crippen molar-refractivity contribution in [3.05, 3.63) is 34.4 Å². The highest BCUT2D eigenvalue weighted by atomic mass is 19.1. The van der Waals surface area contributed by atoms with Gasteiger partial charge in [0.1, 0.15) is 6.07 Å². The number of Topliss-reactive ketones (excluding diaryl/α,β-unsaturated/α-hetero) is 1. The highest BCUT2D eigenvalue weighted by molar-refractivity contribution is 6.09. The average Bonchev–Trinajstić information content (AvgIpc) is 2.47. The van der Waals surface area contributed by atoms with Crippen molar-refractivity contribution in [1.82, 2.24) is 0 Å². The molecule has 0 spiro atoms. The lowest BCUT2D eigenvalue weighted by Crippen LogP contribution is -2.28. The quantitative estimate of drug-likeness (QED) is 0.649. The predicted octanol–water partition coefficient (Wildman–Crippen LogP) is 2.27. The number of aryl methyl sites for hydroxylation is 1. The van der Waals surface area contributed by atoms with Gasteiger partial charge in [0.25, 0.3) is 5.67 Å². The minimum Gasteiger partial charge on any atom is -0.289 e. The van der Waals surface area contributed by atoms with Crippen molar-refractivity contribution < 1.29 is 9.18 Å². The van der Waals surface area contributed by atoms with E-state index in [0.717, 1.165) is 11.1 Å². The first-order valence-electron chi connectivity index (χ1n) is 4.73. The Bertz CT molecular complexity index is 501. The van der Waals surface area contributed by atoms with Crippen molar-refractivity contribution in [2.45, 2.75) is 25.9 Å². The second kappa shape index (κ2) is 2.90. The number of nitrogens with zero attached hydrogens (tertiary/aromatic N) is 1. The molecule has 0 amide bonds. The molecule has 0 radical (unpaired) electrons. The molecule has 1 aliphatic carbocycles. The van der Waals surface area contributed by atoms with Crippen molar-refractivity contribution in [2.24, 2.45) is 0 Å². The van der Waals surface area contributed by atoms with Crippen LogP contribution in [0.25, 0.3) is 0 Å². The summed E-state index contributed by atoms with van der Waals surface area (Å²) in [5.74, 6) is -0.679. The van der Waals surface area contributed by atoms with Crippen LogP contribution in [-0.2, 0) is 6.42 Å². The maximum Gasteiger partial charge on any atom is 0.261 e. The van der Waals surface area contributed by atoms with Gasteiger partial charge in [-0.1, -0.05) is 12.1 Å². The topological polar surface area (TPSA) is 40.9 Å². The molecular weight excluding hydrogens is 193 g/mol. The molecule has 0 bridgehead atoms. The highest BCUT2D eigenvalue weighted by Crippen LogP contribution is 2.35. The highest BCUT2D eigenvalue weighted by Gasteiger charge is 2.47. The van der Waals surface area contributed by atoms with Gasteiger partial charge >= 0.3 is 0 Å². The number of ketones is 1. The van der Waals surface area contributed by atoms with Crippen molar-refractivity contribution in [2.75, 3.05) is 0 Å². The zero-order valence-electron chi connectivity index (χ0n) is 8.60. The summed E-state index contributed by atoms with van der Waals surface area (Å²) >= 11 is 0. The normalized spacial score (nSPS) is 23.7. The van der Waals surface area contributed by atoms with Gasteiger partial charge in [-0.3, -0.25) is 4.79 Å². The fourth-order valence-corrected chi connectivity index (χ4v) is 1.97. The summed E-state index contributed by atoms with van der Waals surface area (Å²) in [5.41, 5.74) is 0.434.